The van der Waals surface area contributed by atoms with Gasteiger partial charge in [0.1, 0.15) is 6.04 Å². The quantitative estimate of drug-likeness (QED) is 0.727. The van der Waals surface area contributed by atoms with Crippen LogP contribution >= 0.6 is 0 Å². The monoisotopic (exact) mass is 274 g/mol. The maximum atomic E-state index is 11.4. The summed E-state index contributed by atoms with van der Waals surface area (Å²) in [5.41, 5.74) is 2.09. The molecule has 1 aromatic heterocycles. The van der Waals surface area contributed by atoms with Crippen LogP contribution in [-0.4, -0.2) is 28.1 Å². The molecule has 0 bridgehead atoms. The molecule has 20 heavy (non-hydrogen) atoms. The van der Waals surface area contributed by atoms with E-state index in [2.05, 4.69) is 17.2 Å². The van der Waals surface area contributed by atoms with Crippen LogP contribution in [0.25, 0.3) is 10.9 Å². The number of para-hydroxylation sites is 1. The molecule has 2 aromatic rings. The maximum absolute atomic E-state index is 11.4. The number of carboxylic acid groups (broad SMARTS) is 1. The van der Waals surface area contributed by atoms with Crippen LogP contribution in [0.3, 0.4) is 0 Å². The topological polar surface area (TPSA) is 65.1 Å². The number of fused-ring (bicyclic) bond motifs is 1. The molecule has 4 nitrogen and oxygen atoms in total. The van der Waals surface area contributed by atoms with Crippen molar-refractivity contribution in [1.82, 2.24) is 10.3 Å². The first-order valence-electron chi connectivity index (χ1n) is 7.15. The van der Waals surface area contributed by atoms with E-state index in [1.165, 1.54) is 0 Å². The van der Waals surface area contributed by atoms with Gasteiger partial charge in [-0.05, 0) is 25.0 Å². The lowest BCUT2D eigenvalue weighted by atomic mass is 10.0. The smallest absolute Gasteiger partial charge is 0.321 e. The van der Waals surface area contributed by atoms with Gasteiger partial charge in [0.05, 0.1) is 0 Å². The van der Waals surface area contributed by atoms with Crippen LogP contribution in [0.15, 0.2) is 30.5 Å². The molecular formula is C16H22N2O2. The van der Waals surface area contributed by atoms with E-state index in [-0.39, 0.29) is 6.04 Å². The van der Waals surface area contributed by atoms with Crippen LogP contribution in [0.2, 0.25) is 0 Å². The Morgan fingerprint density at radius 3 is 2.85 bits per heavy atom. The molecule has 0 amide bonds. The standard InChI is InChI=1S/C16H22N2O2/c1-3-6-11(2)18-15(16(19)20)9-12-10-17-14-8-5-4-7-13(12)14/h4-5,7-8,10-11,15,17-18H,3,6,9H2,1-2H3,(H,19,20). The number of carbonyl (C=O) groups is 1. The number of hydrogen-bond donors (Lipinski definition) is 3. The second-order valence-corrected chi connectivity index (χ2v) is 5.31. The Hall–Kier alpha value is -1.81. The Morgan fingerprint density at radius 1 is 1.40 bits per heavy atom. The fraction of sp³-hybridized carbons (Fsp3) is 0.438. The molecule has 0 fully saturated rings. The number of benzene rings is 1. The highest BCUT2D eigenvalue weighted by atomic mass is 16.4. The van der Waals surface area contributed by atoms with Gasteiger partial charge in [-0.25, -0.2) is 0 Å². The third-order valence-corrected chi connectivity index (χ3v) is 3.60. The average molecular weight is 274 g/mol. The molecule has 0 aliphatic rings. The zero-order valence-electron chi connectivity index (χ0n) is 12.0. The zero-order chi connectivity index (χ0) is 14.5. The second-order valence-electron chi connectivity index (χ2n) is 5.31. The first-order chi connectivity index (χ1) is 9.61. The molecule has 2 atom stereocenters. The van der Waals surface area contributed by atoms with Crippen molar-refractivity contribution in [2.45, 2.75) is 45.2 Å². The number of nitrogens with one attached hydrogen (secondary N) is 2. The van der Waals surface area contributed by atoms with Crippen LogP contribution in [-0.2, 0) is 11.2 Å². The third-order valence-electron chi connectivity index (χ3n) is 3.60. The molecule has 0 radical (unpaired) electrons. The highest BCUT2D eigenvalue weighted by Crippen LogP contribution is 2.19. The van der Waals surface area contributed by atoms with Gasteiger partial charge in [0.15, 0.2) is 0 Å². The van der Waals surface area contributed by atoms with Crippen molar-refractivity contribution in [3.05, 3.63) is 36.0 Å². The molecule has 2 unspecified atom stereocenters. The lowest BCUT2D eigenvalue weighted by molar-refractivity contribution is -0.139. The van der Waals surface area contributed by atoms with Gasteiger partial charge < -0.3 is 15.4 Å². The summed E-state index contributed by atoms with van der Waals surface area (Å²) in [5.74, 6) is -0.793. The SMILES string of the molecule is CCCC(C)NC(Cc1c[nH]c2ccccc12)C(=O)O. The zero-order valence-corrected chi connectivity index (χ0v) is 12.0. The van der Waals surface area contributed by atoms with Gasteiger partial charge in [-0.1, -0.05) is 31.5 Å². The summed E-state index contributed by atoms with van der Waals surface area (Å²) in [6.45, 7) is 4.14. The Bertz CT molecular complexity index is 577. The van der Waals surface area contributed by atoms with Gasteiger partial charge in [-0.3, -0.25) is 4.79 Å². The first-order valence-corrected chi connectivity index (χ1v) is 7.15. The summed E-state index contributed by atoms with van der Waals surface area (Å²) in [7, 11) is 0. The van der Waals surface area contributed by atoms with Crippen molar-refractivity contribution in [1.29, 1.82) is 0 Å². The molecule has 0 aliphatic carbocycles. The molecule has 1 heterocycles. The maximum Gasteiger partial charge on any atom is 0.321 e. The number of rotatable bonds is 7. The summed E-state index contributed by atoms with van der Waals surface area (Å²) in [4.78, 5) is 14.6. The summed E-state index contributed by atoms with van der Waals surface area (Å²) < 4.78 is 0. The van der Waals surface area contributed by atoms with Crippen LogP contribution in [0.1, 0.15) is 32.3 Å². The van der Waals surface area contributed by atoms with Gasteiger partial charge in [0.2, 0.25) is 0 Å². The minimum absolute atomic E-state index is 0.214. The lowest BCUT2D eigenvalue weighted by Crippen LogP contribution is -2.43. The first kappa shape index (κ1) is 14.6. The fourth-order valence-corrected chi connectivity index (χ4v) is 2.60. The highest BCUT2D eigenvalue weighted by molar-refractivity contribution is 5.84. The molecule has 0 saturated heterocycles. The van der Waals surface area contributed by atoms with Gasteiger partial charge in [-0.2, -0.15) is 0 Å². The minimum Gasteiger partial charge on any atom is -0.480 e. The second kappa shape index (κ2) is 6.57. The predicted molar refractivity (Wildman–Crippen MR) is 80.9 cm³/mol. The van der Waals surface area contributed by atoms with E-state index in [1.54, 1.807) is 0 Å². The number of hydrogen-bond acceptors (Lipinski definition) is 2. The average Bonchev–Trinajstić information content (AvgIpc) is 2.82. The Balaban J connectivity index is 2.13. The van der Waals surface area contributed by atoms with E-state index in [4.69, 9.17) is 0 Å². The number of H-pyrrole nitrogens is 1. The van der Waals surface area contributed by atoms with E-state index in [0.717, 1.165) is 29.3 Å². The van der Waals surface area contributed by atoms with E-state index in [9.17, 15) is 9.90 Å². The van der Waals surface area contributed by atoms with Crippen LogP contribution in [0.5, 0.6) is 0 Å². The lowest BCUT2D eigenvalue weighted by Gasteiger charge is -2.19. The molecule has 4 heteroatoms. The summed E-state index contributed by atoms with van der Waals surface area (Å²) in [6.07, 6.45) is 4.44. The number of carboxylic acids is 1. The van der Waals surface area contributed by atoms with Gasteiger partial charge in [0, 0.05) is 29.6 Å². The summed E-state index contributed by atoms with van der Waals surface area (Å²) in [5, 5.41) is 13.7. The largest absolute Gasteiger partial charge is 0.480 e. The van der Waals surface area contributed by atoms with Crippen LogP contribution < -0.4 is 5.32 Å². The van der Waals surface area contributed by atoms with Crippen molar-refractivity contribution >= 4 is 16.9 Å². The Labute approximate surface area is 119 Å². The van der Waals surface area contributed by atoms with Crippen molar-refractivity contribution in [3.8, 4) is 0 Å². The van der Waals surface area contributed by atoms with Crippen molar-refractivity contribution in [2.75, 3.05) is 0 Å². The number of aromatic nitrogens is 1. The predicted octanol–water partition coefficient (Wildman–Crippen LogP) is 2.94. The molecule has 2 rings (SSSR count). The highest BCUT2D eigenvalue weighted by Gasteiger charge is 2.21. The minimum atomic E-state index is -0.793. The Kier molecular flexibility index (Phi) is 4.79. The fourth-order valence-electron chi connectivity index (χ4n) is 2.60. The van der Waals surface area contributed by atoms with E-state index in [0.29, 0.717) is 6.42 Å². The summed E-state index contributed by atoms with van der Waals surface area (Å²) >= 11 is 0. The summed E-state index contributed by atoms with van der Waals surface area (Å²) in [6, 6.07) is 7.64. The molecular weight excluding hydrogens is 252 g/mol. The Morgan fingerprint density at radius 2 is 2.15 bits per heavy atom. The molecule has 0 aliphatic heterocycles. The van der Waals surface area contributed by atoms with Gasteiger partial charge >= 0.3 is 5.97 Å². The van der Waals surface area contributed by atoms with Crippen molar-refractivity contribution < 1.29 is 9.90 Å². The van der Waals surface area contributed by atoms with E-state index < -0.39 is 12.0 Å². The van der Waals surface area contributed by atoms with Crippen LogP contribution in [0.4, 0.5) is 0 Å². The van der Waals surface area contributed by atoms with Crippen LogP contribution in [0, 0.1) is 0 Å². The molecule has 3 N–H and O–H groups in total. The van der Waals surface area contributed by atoms with Gasteiger partial charge in [-0.15, -0.1) is 0 Å². The van der Waals surface area contributed by atoms with E-state index >= 15 is 0 Å². The molecule has 0 spiro atoms. The number of aliphatic carboxylic acids is 1. The van der Waals surface area contributed by atoms with Crippen molar-refractivity contribution in [2.24, 2.45) is 0 Å². The molecule has 108 valence electrons. The van der Waals surface area contributed by atoms with Gasteiger partial charge in [0.25, 0.3) is 0 Å². The van der Waals surface area contributed by atoms with E-state index in [1.807, 2.05) is 37.4 Å². The third kappa shape index (κ3) is 3.39. The normalized spacial score (nSPS) is 14.3. The number of aromatic amines is 1. The molecule has 0 saturated carbocycles. The molecule has 1 aromatic carbocycles. The van der Waals surface area contributed by atoms with Crippen molar-refractivity contribution in [3.63, 3.8) is 0 Å².